The lowest BCUT2D eigenvalue weighted by molar-refractivity contribution is -0.147. The van der Waals surface area contributed by atoms with Crippen LogP contribution in [0.15, 0.2) is 60.7 Å². The second-order valence-corrected chi connectivity index (χ2v) is 11.4. The highest BCUT2D eigenvalue weighted by Crippen LogP contribution is 2.26. The van der Waals surface area contributed by atoms with Crippen molar-refractivity contribution in [2.75, 3.05) is 0 Å². The maximum absolute atomic E-state index is 13.1. The van der Waals surface area contributed by atoms with Gasteiger partial charge in [0.25, 0.3) is 0 Å². The molecule has 1 N–H and O–H groups in total. The summed E-state index contributed by atoms with van der Waals surface area (Å²) in [5, 5.41) is 10.2. The lowest BCUT2D eigenvalue weighted by Gasteiger charge is -2.28. The van der Waals surface area contributed by atoms with Crippen LogP contribution in [-0.2, 0) is 20.9 Å². The monoisotopic (exact) mass is 566 g/mol. The standard InChI is InChI=1S/C36H54O5/c1-3-5-7-9-10-11-12-13-20-26-32(40-29-30-22-16-14-17-23-30)28-34(33(35(37)38)27-21-8-6-4-2)41-36(39)31-24-18-15-19-25-31/h14-19,22-25,32-34H,3-13,20-21,26-29H2,1-2H3,(H,37,38)/t32-,33+,34+/m1/s1. The highest BCUT2D eigenvalue weighted by molar-refractivity contribution is 5.89. The molecule has 5 heteroatoms. The Morgan fingerprint density at radius 2 is 1.20 bits per heavy atom. The zero-order chi connectivity index (χ0) is 29.5. The van der Waals surface area contributed by atoms with Crippen molar-refractivity contribution in [3.63, 3.8) is 0 Å². The quantitative estimate of drug-likeness (QED) is 0.101. The molecule has 0 saturated carbocycles. The van der Waals surface area contributed by atoms with Crippen LogP contribution >= 0.6 is 0 Å². The molecule has 0 amide bonds. The van der Waals surface area contributed by atoms with Crippen molar-refractivity contribution in [2.24, 2.45) is 5.92 Å². The van der Waals surface area contributed by atoms with Crippen molar-refractivity contribution in [1.82, 2.24) is 0 Å². The Labute approximate surface area is 249 Å². The Bertz CT molecular complexity index is 930. The van der Waals surface area contributed by atoms with Crippen LogP contribution in [0.5, 0.6) is 0 Å². The molecule has 2 rings (SSSR count). The highest BCUT2D eigenvalue weighted by atomic mass is 16.5. The fraction of sp³-hybridized carbons (Fsp3) is 0.611. The lowest BCUT2D eigenvalue weighted by Crippen LogP contribution is -2.36. The maximum Gasteiger partial charge on any atom is 0.338 e. The van der Waals surface area contributed by atoms with Gasteiger partial charge in [-0.25, -0.2) is 4.79 Å². The molecule has 5 nitrogen and oxygen atoms in total. The lowest BCUT2D eigenvalue weighted by atomic mass is 9.90. The third kappa shape index (κ3) is 15.2. The zero-order valence-electron chi connectivity index (χ0n) is 25.6. The van der Waals surface area contributed by atoms with Crippen LogP contribution in [0.1, 0.15) is 133 Å². The highest BCUT2D eigenvalue weighted by Gasteiger charge is 2.33. The van der Waals surface area contributed by atoms with Gasteiger partial charge in [0.15, 0.2) is 0 Å². The van der Waals surface area contributed by atoms with Gasteiger partial charge in [0, 0.05) is 6.42 Å². The molecule has 0 aliphatic rings. The van der Waals surface area contributed by atoms with E-state index in [9.17, 15) is 14.7 Å². The Kier molecular flexibility index (Phi) is 18.5. The molecule has 0 unspecified atom stereocenters. The first-order chi connectivity index (χ1) is 20.0. The molecule has 228 valence electrons. The van der Waals surface area contributed by atoms with Crippen molar-refractivity contribution in [1.29, 1.82) is 0 Å². The third-order valence-electron chi connectivity index (χ3n) is 7.86. The van der Waals surface area contributed by atoms with Gasteiger partial charge < -0.3 is 14.6 Å². The number of aliphatic carboxylic acids is 1. The van der Waals surface area contributed by atoms with Gasteiger partial charge in [0.05, 0.1) is 24.2 Å². The molecule has 41 heavy (non-hydrogen) atoms. The predicted octanol–water partition coefficient (Wildman–Crippen LogP) is 9.78. The normalized spacial score (nSPS) is 13.4. The molecule has 2 aromatic rings. The van der Waals surface area contributed by atoms with Crippen LogP contribution in [0.2, 0.25) is 0 Å². The summed E-state index contributed by atoms with van der Waals surface area (Å²) in [7, 11) is 0. The molecule has 0 spiro atoms. The van der Waals surface area contributed by atoms with Gasteiger partial charge in [-0.15, -0.1) is 0 Å². The zero-order valence-corrected chi connectivity index (χ0v) is 25.6. The number of carbonyl (C=O) groups is 2. The van der Waals surface area contributed by atoms with E-state index in [1.54, 1.807) is 24.3 Å². The minimum Gasteiger partial charge on any atom is -0.481 e. The minimum atomic E-state index is -0.905. The number of esters is 1. The van der Waals surface area contributed by atoms with Crippen LogP contribution in [-0.4, -0.2) is 29.3 Å². The van der Waals surface area contributed by atoms with Crippen molar-refractivity contribution < 1.29 is 24.2 Å². The van der Waals surface area contributed by atoms with Crippen LogP contribution in [0.25, 0.3) is 0 Å². The SMILES string of the molecule is CCCCCCCCCCC[C@H](C[C@H](OC(=O)c1ccccc1)[C@H](CCCCCC)C(=O)O)OCc1ccccc1. The van der Waals surface area contributed by atoms with Crippen LogP contribution in [0.3, 0.4) is 0 Å². The number of hydrogen-bond acceptors (Lipinski definition) is 4. The van der Waals surface area contributed by atoms with Gasteiger partial charge in [-0.05, 0) is 30.5 Å². The van der Waals surface area contributed by atoms with E-state index in [2.05, 4.69) is 13.8 Å². The van der Waals surface area contributed by atoms with Gasteiger partial charge in [-0.3, -0.25) is 4.79 Å². The summed E-state index contributed by atoms with van der Waals surface area (Å²) in [6, 6.07) is 18.9. The topological polar surface area (TPSA) is 72.8 Å². The molecule has 0 aliphatic heterocycles. The fourth-order valence-electron chi connectivity index (χ4n) is 5.33. The molecule has 0 fully saturated rings. The van der Waals surface area contributed by atoms with E-state index < -0.39 is 24.0 Å². The molecule has 0 aliphatic carbocycles. The van der Waals surface area contributed by atoms with Crippen LogP contribution in [0.4, 0.5) is 0 Å². The molecule has 0 radical (unpaired) electrons. The Morgan fingerprint density at radius 1 is 0.683 bits per heavy atom. The minimum absolute atomic E-state index is 0.189. The number of ether oxygens (including phenoxy) is 2. The second-order valence-electron chi connectivity index (χ2n) is 11.4. The van der Waals surface area contributed by atoms with E-state index >= 15 is 0 Å². The first-order valence-electron chi connectivity index (χ1n) is 16.2. The first-order valence-corrected chi connectivity index (χ1v) is 16.2. The van der Waals surface area contributed by atoms with Gasteiger partial charge in [0.2, 0.25) is 0 Å². The number of unbranched alkanes of at least 4 members (excludes halogenated alkanes) is 11. The second kappa shape index (κ2) is 22.0. The fourth-order valence-corrected chi connectivity index (χ4v) is 5.33. The molecule has 3 atom stereocenters. The van der Waals surface area contributed by atoms with Crippen molar-refractivity contribution in [3.8, 4) is 0 Å². The van der Waals surface area contributed by atoms with Crippen molar-refractivity contribution in [2.45, 2.75) is 135 Å². The number of carboxylic acids is 1. The van der Waals surface area contributed by atoms with Gasteiger partial charge >= 0.3 is 11.9 Å². The third-order valence-corrected chi connectivity index (χ3v) is 7.86. The van der Waals surface area contributed by atoms with E-state index in [-0.39, 0.29) is 6.10 Å². The number of carbonyl (C=O) groups excluding carboxylic acids is 1. The summed E-state index contributed by atoms with van der Waals surface area (Å²) in [4.78, 5) is 25.6. The van der Waals surface area contributed by atoms with E-state index in [0.29, 0.717) is 25.0 Å². The molecule has 0 heterocycles. The Morgan fingerprint density at radius 3 is 1.78 bits per heavy atom. The van der Waals surface area contributed by atoms with E-state index in [4.69, 9.17) is 9.47 Å². The summed E-state index contributed by atoms with van der Waals surface area (Å²) in [6.45, 7) is 4.84. The average Bonchev–Trinajstić information content (AvgIpc) is 2.99. The number of rotatable bonds is 24. The van der Waals surface area contributed by atoms with E-state index in [1.165, 1.54) is 44.9 Å². The van der Waals surface area contributed by atoms with Crippen molar-refractivity contribution in [3.05, 3.63) is 71.8 Å². The predicted molar refractivity (Wildman–Crippen MR) is 167 cm³/mol. The first kappa shape index (κ1) is 34.5. The van der Waals surface area contributed by atoms with Crippen molar-refractivity contribution >= 4 is 11.9 Å². The Balaban J connectivity index is 2.09. The number of carboxylic acid groups (broad SMARTS) is 1. The molecule has 0 aromatic heterocycles. The van der Waals surface area contributed by atoms with E-state index in [1.807, 2.05) is 36.4 Å². The molecule has 0 saturated heterocycles. The largest absolute Gasteiger partial charge is 0.481 e. The van der Waals surface area contributed by atoms with E-state index in [0.717, 1.165) is 50.5 Å². The maximum atomic E-state index is 13.1. The molecule has 0 bridgehead atoms. The average molecular weight is 567 g/mol. The molecular weight excluding hydrogens is 512 g/mol. The molecule has 2 aromatic carbocycles. The summed E-state index contributed by atoms with van der Waals surface area (Å²) in [6.07, 6.45) is 15.9. The number of hydrogen-bond donors (Lipinski definition) is 1. The molecular formula is C36H54O5. The summed E-state index contributed by atoms with van der Waals surface area (Å²) in [5.41, 5.74) is 1.52. The summed E-state index contributed by atoms with van der Waals surface area (Å²) < 4.78 is 12.4. The van der Waals surface area contributed by atoms with Crippen LogP contribution < -0.4 is 0 Å². The number of benzene rings is 2. The summed E-state index contributed by atoms with van der Waals surface area (Å²) in [5.74, 6) is -2.14. The van der Waals surface area contributed by atoms with Crippen LogP contribution in [0, 0.1) is 5.92 Å². The smallest absolute Gasteiger partial charge is 0.338 e. The van der Waals surface area contributed by atoms with Gasteiger partial charge in [0.1, 0.15) is 6.10 Å². The van der Waals surface area contributed by atoms with Gasteiger partial charge in [-0.1, -0.05) is 146 Å². The Hall–Kier alpha value is -2.66. The van der Waals surface area contributed by atoms with Gasteiger partial charge in [-0.2, -0.15) is 0 Å². The summed E-state index contributed by atoms with van der Waals surface area (Å²) >= 11 is 0.